The molecule has 0 aliphatic heterocycles. The highest BCUT2D eigenvalue weighted by Crippen LogP contribution is 2.19. The normalized spacial score (nSPS) is 12.6. The van der Waals surface area contributed by atoms with E-state index in [1.807, 2.05) is 38.2 Å². The molecule has 0 radical (unpaired) electrons. The molecule has 0 saturated heterocycles. The molecular formula is C15H17NO. The molecule has 0 spiro atoms. The number of benzene rings is 2. The van der Waals surface area contributed by atoms with Crippen LogP contribution in [0.5, 0.6) is 0 Å². The van der Waals surface area contributed by atoms with Crippen LogP contribution in [0.3, 0.4) is 0 Å². The van der Waals surface area contributed by atoms with Crippen molar-refractivity contribution in [2.45, 2.75) is 19.4 Å². The van der Waals surface area contributed by atoms with Crippen LogP contribution in [0.15, 0.2) is 42.5 Å². The minimum atomic E-state index is -0.0889. The summed E-state index contributed by atoms with van der Waals surface area (Å²) < 4.78 is 0. The highest BCUT2D eigenvalue weighted by atomic mass is 16.1. The minimum absolute atomic E-state index is 0.0889. The van der Waals surface area contributed by atoms with Crippen LogP contribution in [-0.2, 0) is 11.2 Å². The Balaban J connectivity index is 2.33. The highest BCUT2D eigenvalue weighted by molar-refractivity contribution is 5.92. The number of Topliss-reactive ketones (excluding diaryl/α,β-unsaturated/α-hetero) is 1. The van der Waals surface area contributed by atoms with Crippen LogP contribution in [0, 0.1) is 0 Å². The summed E-state index contributed by atoms with van der Waals surface area (Å²) in [5.41, 5.74) is 1.11. The first-order chi connectivity index (χ1) is 8.22. The SMILES string of the molecule is CNC(C)C(=O)Cc1cccc2ccccc12. The molecule has 0 aliphatic rings. The van der Waals surface area contributed by atoms with Crippen LogP contribution in [0.25, 0.3) is 10.8 Å². The number of nitrogens with one attached hydrogen (secondary N) is 1. The molecule has 88 valence electrons. The van der Waals surface area contributed by atoms with Gasteiger partial charge in [0.25, 0.3) is 0 Å². The summed E-state index contributed by atoms with van der Waals surface area (Å²) in [5.74, 6) is 0.226. The van der Waals surface area contributed by atoms with Gasteiger partial charge in [-0.1, -0.05) is 42.5 Å². The third-order valence-electron chi connectivity index (χ3n) is 3.16. The topological polar surface area (TPSA) is 29.1 Å². The van der Waals surface area contributed by atoms with E-state index >= 15 is 0 Å². The molecule has 2 heteroatoms. The van der Waals surface area contributed by atoms with E-state index in [4.69, 9.17) is 0 Å². The van der Waals surface area contributed by atoms with E-state index in [0.717, 1.165) is 5.56 Å². The van der Waals surface area contributed by atoms with Crippen molar-refractivity contribution in [3.63, 3.8) is 0 Å². The van der Waals surface area contributed by atoms with Crippen LogP contribution in [0.4, 0.5) is 0 Å². The Morgan fingerprint density at radius 2 is 1.88 bits per heavy atom. The number of carbonyl (C=O) groups is 1. The van der Waals surface area contributed by atoms with E-state index < -0.39 is 0 Å². The number of rotatable bonds is 4. The van der Waals surface area contributed by atoms with Crippen molar-refractivity contribution < 1.29 is 4.79 Å². The van der Waals surface area contributed by atoms with Crippen molar-refractivity contribution in [2.75, 3.05) is 7.05 Å². The van der Waals surface area contributed by atoms with Gasteiger partial charge >= 0.3 is 0 Å². The zero-order chi connectivity index (χ0) is 12.3. The lowest BCUT2D eigenvalue weighted by atomic mass is 9.98. The molecular weight excluding hydrogens is 210 g/mol. The molecule has 1 N–H and O–H groups in total. The van der Waals surface area contributed by atoms with Gasteiger partial charge in [-0.3, -0.25) is 4.79 Å². The fraction of sp³-hybridized carbons (Fsp3) is 0.267. The van der Waals surface area contributed by atoms with E-state index in [1.165, 1.54) is 10.8 Å². The number of ketones is 1. The van der Waals surface area contributed by atoms with Crippen molar-refractivity contribution in [3.8, 4) is 0 Å². The first-order valence-electron chi connectivity index (χ1n) is 5.89. The predicted molar refractivity (Wildman–Crippen MR) is 71.2 cm³/mol. The first kappa shape index (κ1) is 11.8. The van der Waals surface area contributed by atoms with Crippen LogP contribution >= 0.6 is 0 Å². The number of hydrogen-bond donors (Lipinski definition) is 1. The summed E-state index contributed by atoms with van der Waals surface area (Å²) >= 11 is 0. The number of carbonyl (C=O) groups excluding carboxylic acids is 1. The zero-order valence-electron chi connectivity index (χ0n) is 10.2. The van der Waals surface area contributed by atoms with E-state index in [0.29, 0.717) is 6.42 Å². The second kappa shape index (κ2) is 5.11. The molecule has 2 rings (SSSR count). The van der Waals surface area contributed by atoms with Crippen LogP contribution in [-0.4, -0.2) is 18.9 Å². The molecule has 2 aromatic carbocycles. The summed E-state index contributed by atoms with van der Waals surface area (Å²) in [4.78, 5) is 11.9. The molecule has 0 aliphatic carbocycles. The molecule has 2 nitrogen and oxygen atoms in total. The average Bonchev–Trinajstić information content (AvgIpc) is 2.38. The lowest BCUT2D eigenvalue weighted by molar-refractivity contribution is -0.119. The van der Waals surface area contributed by atoms with Gasteiger partial charge < -0.3 is 5.32 Å². The Bertz CT molecular complexity index is 528. The third kappa shape index (κ3) is 2.53. The largest absolute Gasteiger partial charge is 0.311 e. The van der Waals surface area contributed by atoms with Crippen LogP contribution in [0.2, 0.25) is 0 Å². The Hall–Kier alpha value is -1.67. The van der Waals surface area contributed by atoms with Gasteiger partial charge in [-0.15, -0.1) is 0 Å². The molecule has 0 amide bonds. The second-order valence-electron chi connectivity index (χ2n) is 4.29. The zero-order valence-corrected chi connectivity index (χ0v) is 10.2. The maximum Gasteiger partial charge on any atom is 0.153 e. The molecule has 1 unspecified atom stereocenters. The summed E-state index contributed by atoms with van der Waals surface area (Å²) in [6.45, 7) is 1.90. The van der Waals surface area contributed by atoms with E-state index in [9.17, 15) is 4.79 Å². The molecule has 17 heavy (non-hydrogen) atoms. The van der Waals surface area contributed by atoms with E-state index in [-0.39, 0.29) is 11.8 Å². The Morgan fingerprint density at radius 3 is 2.65 bits per heavy atom. The van der Waals surface area contributed by atoms with Gasteiger partial charge in [0.2, 0.25) is 0 Å². The predicted octanol–water partition coefficient (Wildman–Crippen LogP) is 2.56. The molecule has 0 heterocycles. The van der Waals surface area contributed by atoms with Gasteiger partial charge in [0, 0.05) is 6.42 Å². The molecule has 0 saturated carbocycles. The smallest absolute Gasteiger partial charge is 0.153 e. The Labute approximate surface area is 102 Å². The van der Waals surface area contributed by atoms with Crippen molar-refractivity contribution in [1.82, 2.24) is 5.32 Å². The van der Waals surface area contributed by atoms with Gasteiger partial charge in [0.15, 0.2) is 5.78 Å². The van der Waals surface area contributed by atoms with Gasteiger partial charge in [0.1, 0.15) is 0 Å². The number of likely N-dealkylation sites (N-methyl/N-ethyl adjacent to an activating group) is 1. The summed E-state index contributed by atoms with van der Waals surface area (Å²) in [7, 11) is 1.81. The fourth-order valence-corrected chi connectivity index (χ4v) is 1.95. The van der Waals surface area contributed by atoms with Crippen molar-refractivity contribution in [1.29, 1.82) is 0 Å². The van der Waals surface area contributed by atoms with E-state index in [2.05, 4.69) is 23.5 Å². The molecule has 0 fully saturated rings. The average molecular weight is 227 g/mol. The van der Waals surface area contributed by atoms with Gasteiger partial charge in [-0.2, -0.15) is 0 Å². The third-order valence-corrected chi connectivity index (χ3v) is 3.16. The first-order valence-corrected chi connectivity index (χ1v) is 5.89. The monoisotopic (exact) mass is 227 g/mol. The van der Waals surface area contributed by atoms with Crippen LogP contribution < -0.4 is 5.32 Å². The molecule has 0 bridgehead atoms. The Kier molecular flexibility index (Phi) is 3.55. The van der Waals surface area contributed by atoms with Crippen molar-refractivity contribution in [3.05, 3.63) is 48.0 Å². The number of hydrogen-bond acceptors (Lipinski definition) is 2. The maximum absolute atomic E-state index is 11.9. The van der Waals surface area contributed by atoms with Gasteiger partial charge in [-0.05, 0) is 30.3 Å². The molecule has 2 aromatic rings. The summed E-state index contributed by atoms with van der Waals surface area (Å²) in [5, 5.41) is 5.35. The Morgan fingerprint density at radius 1 is 1.18 bits per heavy atom. The van der Waals surface area contributed by atoms with Crippen molar-refractivity contribution >= 4 is 16.6 Å². The maximum atomic E-state index is 11.9. The highest BCUT2D eigenvalue weighted by Gasteiger charge is 2.12. The lowest BCUT2D eigenvalue weighted by Crippen LogP contribution is -2.31. The minimum Gasteiger partial charge on any atom is -0.311 e. The van der Waals surface area contributed by atoms with Crippen molar-refractivity contribution in [2.24, 2.45) is 0 Å². The molecule has 1 atom stereocenters. The number of fused-ring (bicyclic) bond motifs is 1. The van der Waals surface area contributed by atoms with Crippen LogP contribution in [0.1, 0.15) is 12.5 Å². The van der Waals surface area contributed by atoms with Gasteiger partial charge in [-0.25, -0.2) is 0 Å². The standard InChI is InChI=1S/C15H17NO/c1-11(16-2)15(17)10-13-8-5-7-12-6-3-4-9-14(12)13/h3-9,11,16H,10H2,1-2H3. The van der Waals surface area contributed by atoms with Gasteiger partial charge in [0.05, 0.1) is 6.04 Å². The lowest BCUT2D eigenvalue weighted by Gasteiger charge is -2.10. The fourth-order valence-electron chi connectivity index (χ4n) is 1.95. The second-order valence-corrected chi connectivity index (χ2v) is 4.29. The van der Waals surface area contributed by atoms with E-state index in [1.54, 1.807) is 0 Å². The quantitative estimate of drug-likeness (QED) is 0.869. The molecule has 0 aromatic heterocycles. The summed E-state index contributed by atoms with van der Waals surface area (Å²) in [6, 6.07) is 14.2. The summed E-state index contributed by atoms with van der Waals surface area (Å²) in [6.07, 6.45) is 0.489.